The van der Waals surface area contributed by atoms with Crippen LogP contribution in [0.2, 0.25) is 0 Å². The van der Waals surface area contributed by atoms with Gasteiger partial charge in [-0.25, -0.2) is 4.79 Å². The van der Waals surface area contributed by atoms with E-state index in [0.29, 0.717) is 17.7 Å². The van der Waals surface area contributed by atoms with Crippen molar-refractivity contribution in [3.63, 3.8) is 0 Å². The molecule has 1 aliphatic heterocycles. The van der Waals surface area contributed by atoms with Crippen LogP contribution < -0.4 is 4.90 Å². The fourth-order valence-electron chi connectivity index (χ4n) is 2.46. The van der Waals surface area contributed by atoms with E-state index in [0.717, 1.165) is 31.7 Å². The van der Waals surface area contributed by atoms with Crippen LogP contribution in [0.25, 0.3) is 6.08 Å². The van der Waals surface area contributed by atoms with Gasteiger partial charge in [-0.1, -0.05) is 13.0 Å². The summed E-state index contributed by atoms with van der Waals surface area (Å²) in [7, 11) is 0. The van der Waals surface area contributed by atoms with Gasteiger partial charge in [-0.2, -0.15) is 13.2 Å². The predicted octanol–water partition coefficient (Wildman–Crippen LogP) is 3.65. The molecule has 1 heterocycles. The molecule has 1 fully saturated rings. The minimum absolute atomic E-state index is 0.138. The zero-order chi connectivity index (χ0) is 15.6. The maximum atomic E-state index is 13.1. The summed E-state index contributed by atoms with van der Waals surface area (Å²) in [6.07, 6.45) is -1.87. The summed E-state index contributed by atoms with van der Waals surface area (Å²) < 4.78 is 39.3. The summed E-state index contributed by atoms with van der Waals surface area (Å²) >= 11 is 0. The minimum Gasteiger partial charge on any atom is -0.478 e. The van der Waals surface area contributed by atoms with Gasteiger partial charge in [0.2, 0.25) is 0 Å². The second-order valence-electron chi connectivity index (χ2n) is 5.28. The molecule has 0 aliphatic carbocycles. The van der Waals surface area contributed by atoms with Gasteiger partial charge < -0.3 is 10.0 Å². The molecule has 1 saturated heterocycles. The van der Waals surface area contributed by atoms with Gasteiger partial charge in [-0.15, -0.1) is 0 Å². The average molecular weight is 299 g/mol. The van der Waals surface area contributed by atoms with Crippen molar-refractivity contribution in [3.8, 4) is 0 Å². The van der Waals surface area contributed by atoms with Crippen LogP contribution in [0.5, 0.6) is 0 Å². The van der Waals surface area contributed by atoms with Gasteiger partial charge >= 0.3 is 12.1 Å². The van der Waals surface area contributed by atoms with Crippen molar-refractivity contribution >= 4 is 17.7 Å². The molecule has 0 spiro atoms. The van der Waals surface area contributed by atoms with Crippen LogP contribution in [0.1, 0.15) is 24.5 Å². The van der Waals surface area contributed by atoms with Crippen molar-refractivity contribution in [2.75, 3.05) is 18.0 Å². The van der Waals surface area contributed by atoms with Gasteiger partial charge in [-0.3, -0.25) is 0 Å². The van der Waals surface area contributed by atoms with Gasteiger partial charge in [0, 0.05) is 24.9 Å². The molecule has 0 amide bonds. The molecule has 0 aromatic heterocycles. The molecule has 1 N–H and O–H groups in total. The van der Waals surface area contributed by atoms with Crippen LogP contribution >= 0.6 is 0 Å². The second kappa shape index (κ2) is 5.79. The number of carboxylic acids is 1. The van der Waals surface area contributed by atoms with Crippen molar-refractivity contribution in [3.05, 3.63) is 35.4 Å². The Morgan fingerprint density at radius 3 is 2.67 bits per heavy atom. The third-order valence-electron chi connectivity index (χ3n) is 3.54. The molecule has 1 aromatic carbocycles. The van der Waals surface area contributed by atoms with Crippen LogP contribution in [0.3, 0.4) is 0 Å². The molecule has 114 valence electrons. The smallest absolute Gasteiger partial charge is 0.417 e. The van der Waals surface area contributed by atoms with Crippen molar-refractivity contribution < 1.29 is 23.1 Å². The van der Waals surface area contributed by atoms with E-state index in [4.69, 9.17) is 5.11 Å². The van der Waals surface area contributed by atoms with E-state index in [9.17, 15) is 18.0 Å². The molecule has 21 heavy (non-hydrogen) atoms. The van der Waals surface area contributed by atoms with Crippen LogP contribution in [0.4, 0.5) is 18.9 Å². The lowest BCUT2D eigenvalue weighted by molar-refractivity contribution is -0.137. The average Bonchev–Trinajstić information content (AvgIpc) is 2.81. The monoisotopic (exact) mass is 299 g/mol. The maximum absolute atomic E-state index is 13.1. The van der Waals surface area contributed by atoms with Gasteiger partial charge in [0.1, 0.15) is 0 Å². The zero-order valence-electron chi connectivity index (χ0n) is 11.5. The Balaban J connectivity index is 2.38. The number of alkyl halides is 3. The Kier molecular flexibility index (Phi) is 4.25. The van der Waals surface area contributed by atoms with E-state index in [2.05, 4.69) is 6.92 Å². The highest BCUT2D eigenvalue weighted by Gasteiger charge is 2.34. The first kappa shape index (κ1) is 15.4. The van der Waals surface area contributed by atoms with E-state index in [-0.39, 0.29) is 5.56 Å². The van der Waals surface area contributed by atoms with E-state index in [1.54, 1.807) is 6.07 Å². The Hall–Kier alpha value is -1.98. The highest BCUT2D eigenvalue weighted by Crippen LogP contribution is 2.36. The SMILES string of the molecule is CC1CCN(c2ccc(/C=C/C(=O)O)c(C(F)(F)F)c2)C1. The van der Waals surface area contributed by atoms with Crippen molar-refractivity contribution in [2.24, 2.45) is 5.92 Å². The summed E-state index contributed by atoms with van der Waals surface area (Å²) in [5.41, 5.74) is -0.419. The zero-order valence-corrected chi connectivity index (χ0v) is 11.5. The number of aliphatic carboxylic acids is 1. The molecule has 0 radical (unpaired) electrons. The van der Waals surface area contributed by atoms with Crippen LogP contribution in [-0.4, -0.2) is 24.2 Å². The first-order chi connectivity index (χ1) is 9.77. The summed E-state index contributed by atoms with van der Waals surface area (Å²) in [5, 5.41) is 8.55. The van der Waals surface area contributed by atoms with Gasteiger partial charge in [0.15, 0.2) is 0 Å². The molecule has 6 heteroatoms. The number of nitrogens with zero attached hydrogens (tertiary/aromatic N) is 1. The third-order valence-corrected chi connectivity index (χ3v) is 3.54. The molecule has 1 aromatic rings. The highest BCUT2D eigenvalue weighted by atomic mass is 19.4. The number of halogens is 3. The van der Waals surface area contributed by atoms with Gasteiger partial charge in [0.05, 0.1) is 5.56 Å². The Labute approximate surface area is 120 Å². The molecule has 1 atom stereocenters. The fraction of sp³-hybridized carbons (Fsp3) is 0.400. The summed E-state index contributed by atoms with van der Waals surface area (Å²) in [6.45, 7) is 3.54. The van der Waals surface area contributed by atoms with Crippen LogP contribution in [0.15, 0.2) is 24.3 Å². The fourth-order valence-corrected chi connectivity index (χ4v) is 2.46. The number of benzene rings is 1. The lowest BCUT2D eigenvalue weighted by Crippen LogP contribution is -2.20. The number of carboxylic acid groups (broad SMARTS) is 1. The highest BCUT2D eigenvalue weighted by molar-refractivity contribution is 5.85. The molecule has 1 unspecified atom stereocenters. The quantitative estimate of drug-likeness (QED) is 0.866. The number of hydrogen-bond acceptors (Lipinski definition) is 2. The molecular weight excluding hydrogens is 283 g/mol. The first-order valence-electron chi connectivity index (χ1n) is 6.64. The molecule has 0 saturated carbocycles. The number of carbonyl (C=O) groups is 1. The number of hydrogen-bond donors (Lipinski definition) is 1. The van der Waals surface area contributed by atoms with E-state index >= 15 is 0 Å². The van der Waals surface area contributed by atoms with Crippen LogP contribution in [0, 0.1) is 5.92 Å². The summed E-state index contributed by atoms with van der Waals surface area (Å²) in [6, 6.07) is 4.02. The summed E-state index contributed by atoms with van der Waals surface area (Å²) in [5.74, 6) is -0.813. The van der Waals surface area contributed by atoms with Crippen molar-refractivity contribution in [2.45, 2.75) is 19.5 Å². The standard InChI is InChI=1S/C15H16F3NO2/c1-10-6-7-19(9-10)12-4-2-11(3-5-14(20)21)13(8-12)15(16,17)18/h2-5,8,10H,6-7,9H2,1H3,(H,20,21)/b5-3+. The molecule has 2 rings (SSSR count). The Morgan fingerprint density at radius 2 is 2.14 bits per heavy atom. The third kappa shape index (κ3) is 3.77. The van der Waals surface area contributed by atoms with E-state index in [1.165, 1.54) is 6.07 Å². The van der Waals surface area contributed by atoms with Gasteiger partial charge in [0.25, 0.3) is 0 Å². The topological polar surface area (TPSA) is 40.5 Å². The maximum Gasteiger partial charge on any atom is 0.417 e. The largest absolute Gasteiger partial charge is 0.478 e. The Morgan fingerprint density at radius 1 is 1.43 bits per heavy atom. The van der Waals surface area contributed by atoms with E-state index < -0.39 is 17.7 Å². The second-order valence-corrected chi connectivity index (χ2v) is 5.28. The molecule has 3 nitrogen and oxygen atoms in total. The molecule has 0 bridgehead atoms. The molecular formula is C15H16F3NO2. The predicted molar refractivity (Wildman–Crippen MR) is 74.1 cm³/mol. The van der Waals surface area contributed by atoms with E-state index in [1.807, 2.05) is 4.90 Å². The van der Waals surface area contributed by atoms with Crippen molar-refractivity contribution in [1.82, 2.24) is 0 Å². The van der Waals surface area contributed by atoms with Gasteiger partial charge in [-0.05, 0) is 36.1 Å². The van der Waals surface area contributed by atoms with Crippen molar-refractivity contribution in [1.29, 1.82) is 0 Å². The Bertz CT molecular complexity index is 567. The lowest BCUT2D eigenvalue weighted by Gasteiger charge is -2.21. The first-order valence-corrected chi connectivity index (χ1v) is 6.64. The number of anilines is 1. The normalized spacial score (nSPS) is 19.4. The lowest BCUT2D eigenvalue weighted by atomic mass is 10.0. The van der Waals surface area contributed by atoms with Crippen LogP contribution in [-0.2, 0) is 11.0 Å². The number of rotatable bonds is 3. The summed E-state index contributed by atoms with van der Waals surface area (Å²) in [4.78, 5) is 12.4. The minimum atomic E-state index is -4.51. The molecule has 1 aliphatic rings.